The summed E-state index contributed by atoms with van der Waals surface area (Å²) in [5.74, 6) is -0.617. The van der Waals surface area contributed by atoms with Crippen LogP contribution in [0.1, 0.15) is 201 Å². The van der Waals surface area contributed by atoms with Crippen LogP contribution in [-0.2, 0) is 79.1 Å². The summed E-state index contributed by atoms with van der Waals surface area (Å²) >= 11 is 1.78. The molecule has 0 bridgehead atoms. The van der Waals surface area contributed by atoms with E-state index in [0.29, 0.717) is 63.2 Å². The third-order valence-electron chi connectivity index (χ3n) is 23.8. The zero-order chi connectivity index (χ0) is 99.0. The van der Waals surface area contributed by atoms with Gasteiger partial charge in [-0.1, -0.05) is 331 Å². The molecule has 3 unspecified atom stereocenters. The second-order valence-corrected chi connectivity index (χ2v) is 61.3. The fourth-order valence-electron chi connectivity index (χ4n) is 17.5. The monoisotopic (exact) mass is 1950 g/mol. The van der Waals surface area contributed by atoms with Crippen molar-refractivity contribution in [3.63, 3.8) is 0 Å². The molecule has 2 aliphatic rings. The molecule has 0 spiro atoms. The lowest BCUT2D eigenvalue weighted by atomic mass is 9.93. The van der Waals surface area contributed by atoms with Gasteiger partial charge in [0.25, 0.3) is 16.6 Å². The van der Waals surface area contributed by atoms with Gasteiger partial charge in [0, 0.05) is 38.5 Å². The number of rotatable bonds is 41. The number of hydrogen-bond acceptors (Lipinski definition) is 19. The van der Waals surface area contributed by atoms with Gasteiger partial charge in [0.15, 0.2) is 11.6 Å². The quantitative estimate of drug-likeness (QED) is 0.0151. The molecule has 0 aromatic heterocycles. The maximum atomic E-state index is 14.1. The lowest BCUT2D eigenvalue weighted by Gasteiger charge is -2.44. The Morgan fingerprint density at radius 3 is 1.19 bits per heavy atom. The van der Waals surface area contributed by atoms with E-state index in [0.717, 1.165) is 79.4 Å². The van der Waals surface area contributed by atoms with Crippen molar-refractivity contribution < 1.29 is 85.0 Å². The molecule has 0 aliphatic carbocycles. The van der Waals surface area contributed by atoms with Crippen LogP contribution in [0.2, 0.25) is 61.4 Å². The van der Waals surface area contributed by atoms with Crippen LogP contribution in [0, 0.1) is 27.7 Å². The molecule has 740 valence electrons. The molecule has 0 amide bonds. The molecule has 9 aromatic carbocycles. The van der Waals surface area contributed by atoms with E-state index in [1.807, 2.05) is 114 Å². The van der Waals surface area contributed by atoms with Gasteiger partial charge in [0.1, 0.15) is 35.9 Å². The summed E-state index contributed by atoms with van der Waals surface area (Å²) in [5, 5.41) is 4.68. The Kier molecular flexibility index (Phi) is 46.0. The molecule has 2 saturated heterocycles. The minimum absolute atomic E-state index is 0. The first-order chi connectivity index (χ1) is 63.9. The average molecular weight is 1960 g/mol. The van der Waals surface area contributed by atoms with Gasteiger partial charge in [0.05, 0.1) is 64.0 Å². The summed E-state index contributed by atoms with van der Waals surface area (Å²) < 4.78 is 78.2. The number of carbonyl (C=O) groups is 2. The van der Waals surface area contributed by atoms with Crippen LogP contribution in [-0.4, -0.2) is 145 Å². The van der Waals surface area contributed by atoms with Gasteiger partial charge in [-0.25, -0.2) is 9.59 Å². The third kappa shape index (κ3) is 34.7. The maximum Gasteiger partial charge on any atom is 0.373 e. The number of ether oxygens (including phenoxy) is 10. The molecule has 0 N–H and O–H groups in total. The lowest BCUT2D eigenvalue weighted by Crippen LogP contribution is -2.67. The number of carbonyl (C=O) groups excluding carboxylic acids is 6. The van der Waals surface area contributed by atoms with Crippen LogP contribution in [0.3, 0.4) is 0 Å². The second kappa shape index (κ2) is 54.3. The molecule has 2 aliphatic heterocycles. The lowest BCUT2D eigenvalue weighted by molar-refractivity contribution is -0.193. The summed E-state index contributed by atoms with van der Waals surface area (Å²) in [6, 6.07) is 79.7. The smallest absolute Gasteiger partial charge is 0.373 e. The molecule has 23 heteroatoms. The highest BCUT2D eigenvalue weighted by Crippen LogP contribution is 2.46. The van der Waals surface area contributed by atoms with Crippen molar-refractivity contribution >= 4 is 95.6 Å². The van der Waals surface area contributed by atoms with Crippen LogP contribution >= 0.6 is 11.8 Å². The van der Waals surface area contributed by atoms with Crippen molar-refractivity contribution in [1.82, 2.24) is 0 Å². The van der Waals surface area contributed by atoms with Crippen molar-refractivity contribution in [2.45, 2.75) is 303 Å². The highest BCUT2D eigenvalue weighted by atomic mass is 32.2. The molecular formula is C114H154O18SSi4. The zero-order valence-electron chi connectivity index (χ0n) is 84.1. The van der Waals surface area contributed by atoms with Crippen molar-refractivity contribution in [1.29, 1.82) is 0 Å². The molecule has 137 heavy (non-hydrogen) atoms. The van der Waals surface area contributed by atoms with E-state index in [1.165, 1.54) is 20.7 Å². The normalized spacial score (nSPS) is 17.0. The van der Waals surface area contributed by atoms with Crippen molar-refractivity contribution in [3.05, 3.63) is 310 Å². The van der Waals surface area contributed by atoms with Crippen molar-refractivity contribution in [3.8, 4) is 11.5 Å². The fourth-order valence-corrected chi connectivity index (χ4v) is 29.6. The molecule has 18 nitrogen and oxygen atoms in total. The first kappa shape index (κ1) is 116. The molecule has 2 fully saturated rings. The second-order valence-electron chi connectivity index (χ2n) is 40.3. The summed E-state index contributed by atoms with van der Waals surface area (Å²) in [4.78, 5) is 61.2. The average Bonchev–Trinajstić information content (AvgIpc) is 0.778. The van der Waals surface area contributed by atoms with Crippen molar-refractivity contribution in [2.24, 2.45) is 0 Å². The van der Waals surface area contributed by atoms with Crippen LogP contribution in [0.15, 0.2) is 260 Å². The van der Waals surface area contributed by atoms with Gasteiger partial charge in [-0.05, 0) is 214 Å². The summed E-state index contributed by atoms with van der Waals surface area (Å²) in [5.41, 5.74) is 9.19. The molecule has 9 aromatic rings. The molecule has 2 heterocycles. The molecule has 0 radical (unpaired) electrons. The minimum atomic E-state index is -2.77. The van der Waals surface area contributed by atoms with E-state index in [9.17, 15) is 9.59 Å². The third-order valence-corrected chi connectivity index (χ3v) is 38.9. The largest absolute Gasteiger partial charge is 0.497 e. The first-order valence-corrected chi connectivity index (χ1v) is 59.1. The molecule has 11 rings (SSSR count). The number of esters is 2. The Bertz CT molecular complexity index is 5220. The molecular weight excluding hydrogens is 1800 g/mol. The van der Waals surface area contributed by atoms with Crippen molar-refractivity contribution in [2.75, 3.05) is 27.4 Å². The SMILES string of the molecule is C.C.COc1ccc(COC(/C=C\C[C@H](C)O[Si](c2ccccc2)(c2ccccc2)C(C)(C)C)[C@H]2OC(C)(C)O[C@H]2C/C=C/c2cc(C)cc(C)c2C(=O)OCC[Si](C)(C)C)cc1.COc1ccc(COC(/C=C\C[C@H](C)O[Si](c2ccccc2)(c2ccccc2)C(C)(C)C)[C@H]2OC(C)(C)O[C@H]2CCC(Sc2ccccc2)c2cc(C)cc(C)c2C(=O)OCC[Si](C)(C)C)cc1.O=C=O.O=C=O. The van der Waals surface area contributed by atoms with Gasteiger partial charge in [-0.3, -0.25) is 0 Å². The summed E-state index contributed by atoms with van der Waals surface area (Å²) in [6.07, 6.45) is 14.0. The van der Waals surface area contributed by atoms with Gasteiger partial charge < -0.3 is 56.2 Å². The van der Waals surface area contributed by atoms with E-state index in [4.69, 9.17) is 75.4 Å². The molecule has 0 saturated carbocycles. The Labute approximate surface area is 827 Å². The van der Waals surface area contributed by atoms with E-state index >= 15 is 0 Å². The first-order valence-electron chi connectivity index (χ1n) is 47.0. The number of hydrogen-bond donors (Lipinski definition) is 0. The fraction of sp³-hybridized carbons (Fsp3) is 0.439. The highest BCUT2D eigenvalue weighted by Gasteiger charge is 2.53. The van der Waals surface area contributed by atoms with Gasteiger partial charge in [-0.2, -0.15) is 19.2 Å². The van der Waals surface area contributed by atoms with Gasteiger partial charge in [0.2, 0.25) is 0 Å². The van der Waals surface area contributed by atoms with E-state index in [1.54, 1.807) is 26.0 Å². The minimum Gasteiger partial charge on any atom is -0.497 e. The van der Waals surface area contributed by atoms with Crippen LogP contribution in [0.4, 0.5) is 0 Å². The van der Waals surface area contributed by atoms with E-state index in [2.05, 4.69) is 297 Å². The Morgan fingerprint density at radius 2 is 0.818 bits per heavy atom. The Balaban J connectivity index is 0.000000394. The summed E-state index contributed by atoms with van der Waals surface area (Å²) in [6.45, 7) is 49.6. The highest BCUT2D eigenvalue weighted by molar-refractivity contribution is 7.99. The predicted octanol–water partition coefficient (Wildman–Crippen LogP) is 24.8. The number of benzene rings is 9. The standard InChI is InChI=1S/C58H76O7SSi2.C52H70O7Si2.2CO2.2CH4/c1-42-39-43(2)54(56(59)61-37-38-67(10,11)12)50(40-42)53(66-47-24-16-13-17-25-47)36-35-52-55(64-58(7,8)63-52)51(62-41-45-31-33-46(60-9)34-32-45)30-22-23-44(3)65-68(57(4,5)6,48-26-18-14-19-27-48)49-28-20-15-21-29-49;1-38-35-39(2)48(50(53)55-33-34-60(10,11)12)42(36-38)22-20-28-47-49(58-52(7,8)57-47)46(56-37-41-29-31-43(54-9)32-30-41)27-19-21-40(3)59-61(51(4,5)6,44-23-15-13-16-24-44)45-25-17-14-18-26-45;2*2-1-3;;/h13-22,24-34,39-40,44,51-53,55H,23,35-38,41H2,1-12H3;13-20,22-27,29-32,35-36,40,46-47,49H,21,28,33-34,37H2,1-12H3;;;2*1H4/b30-22-;22-20+,27-19-;;;;/t44-,51?,52-,53?,55+;40-,46?,47-,49+;;;;/m00..../s1. The van der Waals surface area contributed by atoms with Crippen LogP contribution in [0.25, 0.3) is 6.08 Å². The van der Waals surface area contributed by atoms with Gasteiger partial charge in [-0.15, -0.1) is 11.8 Å². The molecule has 9 atom stereocenters. The summed E-state index contributed by atoms with van der Waals surface area (Å²) in [7, 11) is -4.94. The topological polar surface area (TPSA) is 213 Å². The maximum absolute atomic E-state index is 14.1. The van der Waals surface area contributed by atoms with Gasteiger partial charge >= 0.3 is 24.2 Å². The number of thioether (sulfide) groups is 1. The van der Waals surface area contributed by atoms with E-state index < -0.39 is 68.8 Å². The zero-order valence-corrected chi connectivity index (χ0v) is 88.9. The Hall–Kier alpha value is -9.60. The van der Waals surface area contributed by atoms with Crippen LogP contribution in [0.5, 0.6) is 11.5 Å². The number of methoxy groups -OCH3 is 2. The predicted molar refractivity (Wildman–Crippen MR) is 565 cm³/mol. The van der Waals surface area contributed by atoms with Crippen LogP contribution < -0.4 is 30.2 Å². The Morgan fingerprint density at radius 1 is 0.467 bits per heavy atom. The van der Waals surface area contributed by atoms with E-state index in [-0.39, 0.29) is 78.8 Å². The number of aryl methyl sites for hydroxylation is 4.